The SMILES string of the molecule is C[C@H](NC(=O)C(N)Cc1ccccc1)[C@H](C)n1ncn(-c2ccc(N3CCN(c4ccc(OC[C@H]5CO[C@@](Cn6cncn6)(c6ccc(F)cc6F)O5)cc4)CC3)cc2)c1=O. The van der Waals surface area contributed by atoms with E-state index in [2.05, 4.69) is 30.3 Å². The minimum atomic E-state index is -1.53. The highest BCUT2D eigenvalue weighted by Gasteiger charge is 2.46. The Labute approximate surface area is 351 Å². The van der Waals surface area contributed by atoms with E-state index >= 15 is 0 Å². The lowest BCUT2D eigenvalue weighted by Gasteiger charge is -2.37. The quantitative estimate of drug-likeness (QED) is 0.153. The molecule has 4 aromatic carbocycles. The molecule has 1 amide bonds. The van der Waals surface area contributed by atoms with E-state index in [9.17, 15) is 18.4 Å². The Hall–Kier alpha value is -6.43. The van der Waals surface area contributed by atoms with Gasteiger partial charge in [-0.05, 0) is 86.5 Å². The first-order chi connectivity index (χ1) is 29.5. The number of halogens is 2. The molecule has 2 saturated heterocycles. The van der Waals surface area contributed by atoms with Crippen LogP contribution in [-0.2, 0) is 33.0 Å². The predicted molar refractivity (Wildman–Crippen MR) is 224 cm³/mol. The molecular weight excluding hydrogens is 787 g/mol. The number of rotatable bonds is 15. The Balaban J connectivity index is 0.813. The molecule has 0 radical (unpaired) electrons. The number of piperazine rings is 1. The van der Waals surface area contributed by atoms with Crippen molar-refractivity contribution >= 4 is 17.3 Å². The largest absolute Gasteiger partial charge is 0.491 e. The second-order valence-corrected chi connectivity index (χ2v) is 15.4. The minimum Gasteiger partial charge on any atom is -0.491 e. The number of hydrogen-bond donors (Lipinski definition) is 2. The Kier molecular flexibility index (Phi) is 12.2. The first kappa shape index (κ1) is 41.3. The van der Waals surface area contributed by atoms with Gasteiger partial charge in [0.25, 0.3) is 0 Å². The lowest BCUT2D eigenvalue weighted by Crippen LogP contribution is -2.48. The van der Waals surface area contributed by atoms with Gasteiger partial charge in [0.1, 0.15) is 55.6 Å². The van der Waals surface area contributed by atoms with Crippen molar-refractivity contribution in [3.05, 3.63) is 149 Å². The topological polar surface area (TPSA) is 160 Å². The van der Waals surface area contributed by atoms with Crippen molar-refractivity contribution in [3.8, 4) is 11.4 Å². The number of aromatic nitrogens is 6. The maximum atomic E-state index is 14.9. The van der Waals surface area contributed by atoms with E-state index in [1.165, 1.54) is 45.0 Å². The Morgan fingerprint density at radius 1 is 0.902 bits per heavy atom. The molecular formula is C44H48F2N10O5. The van der Waals surface area contributed by atoms with Gasteiger partial charge in [-0.2, -0.15) is 10.2 Å². The molecule has 0 spiro atoms. The van der Waals surface area contributed by atoms with Crippen LogP contribution < -0.4 is 31.3 Å². The van der Waals surface area contributed by atoms with Crippen LogP contribution in [0, 0.1) is 11.6 Å². The lowest BCUT2D eigenvalue weighted by atomic mass is 10.0. The van der Waals surface area contributed by atoms with Crippen LogP contribution in [0.5, 0.6) is 5.75 Å². The fourth-order valence-electron chi connectivity index (χ4n) is 7.67. The van der Waals surface area contributed by atoms with E-state index in [4.69, 9.17) is 19.9 Å². The molecule has 5 atom stereocenters. The summed E-state index contributed by atoms with van der Waals surface area (Å²) < 4.78 is 51.4. The van der Waals surface area contributed by atoms with Crippen LogP contribution in [0.3, 0.4) is 0 Å². The number of hydrogen-bond acceptors (Lipinski definition) is 11. The predicted octanol–water partition coefficient (Wildman–Crippen LogP) is 4.21. The van der Waals surface area contributed by atoms with Crippen molar-refractivity contribution in [3.63, 3.8) is 0 Å². The van der Waals surface area contributed by atoms with Crippen molar-refractivity contribution < 1.29 is 27.8 Å². The van der Waals surface area contributed by atoms with Gasteiger partial charge in [-0.15, -0.1) is 0 Å². The van der Waals surface area contributed by atoms with Crippen molar-refractivity contribution in [2.45, 2.75) is 56.8 Å². The molecule has 4 heterocycles. The number of carbonyl (C=O) groups excluding carboxylic acids is 1. The molecule has 0 aliphatic carbocycles. The van der Waals surface area contributed by atoms with Gasteiger partial charge in [-0.1, -0.05) is 30.3 Å². The van der Waals surface area contributed by atoms with Crippen molar-refractivity contribution in [1.82, 2.24) is 34.4 Å². The highest BCUT2D eigenvalue weighted by Crippen LogP contribution is 2.38. The molecule has 15 nitrogen and oxygen atoms in total. The summed E-state index contributed by atoms with van der Waals surface area (Å²) in [7, 11) is 0. The monoisotopic (exact) mass is 834 g/mol. The summed E-state index contributed by atoms with van der Waals surface area (Å²) in [5.74, 6) is -2.65. The van der Waals surface area contributed by atoms with Gasteiger partial charge in [-0.3, -0.25) is 4.79 Å². The molecule has 0 bridgehead atoms. The van der Waals surface area contributed by atoms with Gasteiger partial charge < -0.3 is 35.1 Å². The van der Waals surface area contributed by atoms with E-state index in [-0.39, 0.29) is 43.0 Å². The number of carbonyl (C=O) groups is 1. The zero-order valence-corrected chi connectivity index (χ0v) is 33.9. The third kappa shape index (κ3) is 9.33. The Morgan fingerprint density at radius 2 is 1.57 bits per heavy atom. The molecule has 2 fully saturated rings. The summed E-state index contributed by atoms with van der Waals surface area (Å²) in [5, 5.41) is 11.4. The molecule has 8 rings (SSSR count). The van der Waals surface area contributed by atoms with Gasteiger partial charge in [0.05, 0.1) is 24.4 Å². The number of ether oxygens (including phenoxy) is 3. The third-order valence-electron chi connectivity index (χ3n) is 11.3. The second kappa shape index (κ2) is 18.0. The number of nitrogens with one attached hydrogen (secondary N) is 1. The Bertz CT molecular complexity index is 2440. The molecule has 2 aromatic heterocycles. The molecule has 3 N–H and O–H groups in total. The lowest BCUT2D eigenvalue weighted by molar-refractivity contribution is -0.192. The van der Waals surface area contributed by atoms with E-state index in [0.717, 1.165) is 49.2 Å². The summed E-state index contributed by atoms with van der Waals surface area (Å²) in [6, 6.07) is 27.1. The summed E-state index contributed by atoms with van der Waals surface area (Å²) >= 11 is 0. The first-order valence-corrected chi connectivity index (χ1v) is 20.2. The average molecular weight is 835 g/mol. The maximum absolute atomic E-state index is 14.9. The summed E-state index contributed by atoms with van der Waals surface area (Å²) in [6.07, 6.45) is 4.22. The molecule has 318 valence electrons. The fourth-order valence-corrected chi connectivity index (χ4v) is 7.67. The zero-order chi connectivity index (χ0) is 42.5. The van der Waals surface area contributed by atoms with Gasteiger partial charge in [-0.25, -0.2) is 32.5 Å². The van der Waals surface area contributed by atoms with Gasteiger partial charge in [0.2, 0.25) is 11.7 Å². The zero-order valence-electron chi connectivity index (χ0n) is 33.9. The molecule has 0 saturated carbocycles. The van der Waals surface area contributed by atoms with E-state index in [0.29, 0.717) is 17.9 Å². The smallest absolute Gasteiger partial charge is 0.350 e. The normalized spacial score (nSPS) is 19.4. The fraction of sp³-hybridized carbons (Fsp3) is 0.341. The highest BCUT2D eigenvalue weighted by atomic mass is 19.1. The van der Waals surface area contributed by atoms with Crippen LogP contribution in [0.25, 0.3) is 5.69 Å². The second-order valence-electron chi connectivity index (χ2n) is 15.4. The summed E-state index contributed by atoms with van der Waals surface area (Å²) in [5.41, 5.74) is 9.72. The molecule has 61 heavy (non-hydrogen) atoms. The van der Waals surface area contributed by atoms with Crippen molar-refractivity contribution in [2.75, 3.05) is 49.2 Å². The van der Waals surface area contributed by atoms with Crippen molar-refractivity contribution in [2.24, 2.45) is 5.73 Å². The number of benzene rings is 4. The first-order valence-electron chi connectivity index (χ1n) is 20.2. The van der Waals surface area contributed by atoms with Crippen LogP contribution in [0.2, 0.25) is 0 Å². The third-order valence-corrected chi connectivity index (χ3v) is 11.3. The number of nitrogens with zero attached hydrogens (tertiary/aromatic N) is 8. The van der Waals surface area contributed by atoms with Crippen molar-refractivity contribution in [1.29, 1.82) is 0 Å². The molecule has 1 unspecified atom stereocenters. The molecule has 2 aliphatic rings. The van der Waals surface area contributed by atoms with E-state index < -0.39 is 35.6 Å². The van der Waals surface area contributed by atoms with Crippen LogP contribution in [0.15, 0.2) is 121 Å². The van der Waals surface area contributed by atoms with E-state index in [1.807, 2.05) is 92.7 Å². The number of nitrogens with two attached hydrogens (primary N) is 1. The molecule has 2 aliphatic heterocycles. The van der Waals surface area contributed by atoms with Crippen LogP contribution in [-0.4, -0.2) is 92.6 Å². The maximum Gasteiger partial charge on any atom is 0.350 e. The summed E-state index contributed by atoms with van der Waals surface area (Å²) in [4.78, 5) is 34.9. The van der Waals surface area contributed by atoms with Gasteiger partial charge >= 0.3 is 5.69 Å². The van der Waals surface area contributed by atoms with Crippen LogP contribution in [0.4, 0.5) is 20.2 Å². The Morgan fingerprint density at radius 3 is 2.23 bits per heavy atom. The number of anilines is 2. The highest BCUT2D eigenvalue weighted by molar-refractivity contribution is 5.82. The standard InChI is InChI=1S/C44H48F2N10O5/c1-30(51-42(57)41(47)22-32-6-4-3-5-7-32)31(2)56-43(58)55(29-50-56)36-11-9-34(10-12-36)52-18-20-53(21-19-52)35-13-15-37(16-14-35)59-24-38-25-60-44(61-38,26-54-28-48-27-49-54)39-17-8-33(45)23-40(39)46/h3-17,23,27-31,38,41H,18-22,24-26,47H2,1-2H3,(H,51,57)/t30-,31-,38-,41?,44+/m0/s1. The minimum absolute atomic E-state index is 0.0173. The van der Waals surface area contributed by atoms with Gasteiger partial charge in [0, 0.05) is 55.2 Å². The average Bonchev–Trinajstić information content (AvgIpc) is 4.04. The molecule has 17 heteroatoms. The summed E-state index contributed by atoms with van der Waals surface area (Å²) in [6.45, 7) is 7.19. The van der Waals surface area contributed by atoms with Crippen LogP contribution >= 0.6 is 0 Å². The van der Waals surface area contributed by atoms with Crippen LogP contribution in [0.1, 0.15) is 31.0 Å². The van der Waals surface area contributed by atoms with Gasteiger partial charge in [0.15, 0.2) is 0 Å². The number of amides is 1. The molecule has 6 aromatic rings. The van der Waals surface area contributed by atoms with E-state index in [1.54, 1.807) is 0 Å².